The molecule has 2 rings (SSSR count). The van der Waals surface area contributed by atoms with Crippen molar-refractivity contribution in [1.29, 1.82) is 0 Å². The second-order valence-corrected chi connectivity index (χ2v) is 6.73. The van der Waals surface area contributed by atoms with E-state index in [4.69, 9.17) is 16.1 Å². The SMILES string of the molecule is Cc1ccc(Cl)c(OP(C)(=O)Nc2cccnc2)c1. The van der Waals surface area contributed by atoms with Crippen molar-refractivity contribution in [1.82, 2.24) is 4.98 Å². The average Bonchev–Trinajstić information content (AvgIpc) is 2.34. The Labute approximate surface area is 117 Å². The van der Waals surface area contributed by atoms with Gasteiger partial charge in [-0.1, -0.05) is 17.7 Å². The van der Waals surface area contributed by atoms with Crippen LogP contribution in [0.5, 0.6) is 5.75 Å². The van der Waals surface area contributed by atoms with Crippen molar-refractivity contribution in [3.8, 4) is 5.75 Å². The maximum atomic E-state index is 12.4. The summed E-state index contributed by atoms with van der Waals surface area (Å²) in [4.78, 5) is 3.94. The largest absolute Gasteiger partial charge is 0.427 e. The predicted octanol–water partition coefficient (Wildman–Crippen LogP) is 4.36. The lowest BCUT2D eigenvalue weighted by Crippen LogP contribution is -2.02. The zero-order valence-electron chi connectivity index (χ0n) is 10.6. The fourth-order valence-electron chi connectivity index (χ4n) is 1.55. The Balaban J connectivity index is 2.17. The maximum Gasteiger partial charge on any atom is 0.338 e. The minimum Gasteiger partial charge on any atom is -0.427 e. The fourth-order valence-corrected chi connectivity index (χ4v) is 2.94. The molecule has 100 valence electrons. The van der Waals surface area contributed by atoms with E-state index >= 15 is 0 Å². The molecule has 2 aromatic rings. The van der Waals surface area contributed by atoms with Crippen LogP contribution >= 0.6 is 19.1 Å². The molecule has 1 atom stereocenters. The molecule has 1 aromatic carbocycles. The van der Waals surface area contributed by atoms with Crippen LogP contribution < -0.4 is 9.61 Å². The minimum absolute atomic E-state index is 0.406. The highest BCUT2D eigenvalue weighted by Gasteiger charge is 2.19. The molecule has 0 saturated carbocycles. The van der Waals surface area contributed by atoms with Crippen LogP contribution in [0.15, 0.2) is 42.7 Å². The Morgan fingerprint density at radius 1 is 1.37 bits per heavy atom. The van der Waals surface area contributed by atoms with Gasteiger partial charge < -0.3 is 9.61 Å². The number of hydrogen-bond donors (Lipinski definition) is 1. The van der Waals surface area contributed by atoms with E-state index in [0.29, 0.717) is 16.5 Å². The summed E-state index contributed by atoms with van der Waals surface area (Å²) < 4.78 is 17.9. The van der Waals surface area contributed by atoms with E-state index in [9.17, 15) is 4.57 Å². The smallest absolute Gasteiger partial charge is 0.338 e. The van der Waals surface area contributed by atoms with E-state index < -0.39 is 7.52 Å². The number of rotatable bonds is 4. The lowest BCUT2D eigenvalue weighted by Gasteiger charge is -2.18. The van der Waals surface area contributed by atoms with Gasteiger partial charge in [0.05, 0.1) is 16.9 Å². The Kier molecular flexibility index (Phi) is 4.13. The van der Waals surface area contributed by atoms with Crippen LogP contribution in [0.1, 0.15) is 5.56 Å². The van der Waals surface area contributed by atoms with Crippen LogP contribution in [-0.4, -0.2) is 11.6 Å². The molecule has 0 aliphatic carbocycles. The third-order valence-electron chi connectivity index (χ3n) is 2.35. The van der Waals surface area contributed by atoms with Gasteiger partial charge in [-0.15, -0.1) is 0 Å². The van der Waals surface area contributed by atoms with Crippen LogP contribution in [0.4, 0.5) is 5.69 Å². The number of nitrogens with one attached hydrogen (secondary N) is 1. The molecular formula is C13H14ClN2O2P. The van der Waals surface area contributed by atoms with Gasteiger partial charge in [0, 0.05) is 12.9 Å². The predicted molar refractivity (Wildman–Crippen MR) is 78.2 cm³/mol. The van der Waals surface area contributed by atoms with E-state index in [1.54, 1.807) is 36.7 Å². The highest BCUT2D eigenvalue weighted by molar-refractivity contribution is 7.60. The van der Waals surface area contributed by atoms with Gasteiger partial charge in [-0.25, -0.2) is 0 Å². The topological polar surface area (TPSA) is 51.2 Å². The van der Waals surface area contributed by atoms with Crippen molar-refractivity contribution in [2.24, 2.45) is 0 Å². The van der Waals surface area contributed by atoms with E-state index in [2.05, 4.69) is 10.1 Å². The number of pyridine rings is 1. The molecule has 19 heavy (non-hydrogen) atoms. The molecular weight excluding hydrogens is 283 g/mol. The molecule has 4 nitrogen and oxygen atoms in total. The molecule has 0 spiro atoms. The molecule has 1 N–H and O–H groups in total. The number of halogens is 1. The van der Waals surface area contributed by atoms with Gasteiger partial charge in [0.25, 0.3) is 0 Å². The number of anilines is 1. The Hall–Kier alpha value is -1.51. The average molecular weight is 297 g/mol. The Morgan fingerprint density at radius 3 is 2.84 bits per heavy atom. The highest BCUT2D eigenvalue weighted by Crippen LogP contribution is 2.45. The summed E-state index contributed by atoms with van der Waals surface area (Å²) in [6.45, 7) is 3.41. The van der Waals surface area contributed by atoms with Gasteiger partial charge in [0.1, 0.15) is 5.75 Å². The van der Waals surface area contributed by atoms with E-state index in [1.165, 1.54) is 6.66 Å². The Bertz CT molecular complexity index is 619. The van der Waals surface area contributed by atoms with Crippen molar-refractivity contribution in [3.63, 3.8) is 0 Å². The number of hydrogen-bond acceptors (Lipinski definition) is 3. The summed E-state index contributed by atoms with van der Waals surface area (Å²) in [7, 11) is -3.06. The molecule has 6 heteroatoms. The lowest BCUT2D eigenvalue weighted by molar-refractivity contribution is 0.493. The second kappa shape index (κ2) is 5.64. The Morgan fingerprint density at radius 2 is 2.16 bits per heavy atom. The quantitative estimate of drug-likeness (QED) is 0.852. The number of benzene rings is 1. The molecule has 1 aromatic heterocycles. The monoisotopic (exact) mass is 296 g/mol. The molecule has 1 heterocycles. The first-order valence-electron chi connectivity index (χ1n) is 5.68. The van der Waals surface area contributed by atoms with Gasteiger partial charge >= 0.3 is 7.52 Å². The third-order valence-corrected chi connectivity index (χ3v) is 3.87. The van der Waals surface area contributed by atoms with Crippen LogP contribution in [0, 0.1) is 6.92 Å². The number of nitrogens with zero attached hydrogens (tertiary/aromatic N) is 1. The molecule has 0 saturated heterocycles. The number of aryl methyl sites for hydroxylation is 1. The summed E-state index contributed by atoms with van der Waals surface area (Å²) >= 11 is 6.02. The van der Waals surface area contributed by atoms with Crippen molar-refractivity contribution in [2.45, 2.75) is 6.92 Å². The van der Waals surface area contributed by atoms with E-state index in [-0.39, 0.29) is 0 Å². The van der Waals surface area contributed by atoms with Gasteiger partial charge in [0.2, 0.25) is 0 Å². The van der Waals surface area contributed by atoms with Gasteiger partial charge in [-0.05, 0) is 36.8 Å². The summed E-state index contributed by atoms with van der Waals surface area (Å²) in [6.07, 6.45) is 3.22. The van der Waals surface area contributed by atoms with Crippen molar-refractivity contribution >= 4 is 24.8 Å². The first kappa shape index (κ1) is 13.9. The van der Waals surface area contributed by atoms with Crippen molar-refractivity contribution in [2.75, 3.05) is 11.8 Å². The normalized spacial score (nSPS) is 13.6. The first-order chi connectivity index (χ1) is 8.96. The standard InChI is InChI=1S/C13H14ClN2O2P/c1-10-5-6-12(14)13(8-10)18-19(2,17)16-11-4-3-7-15-9-11/h3-9H,1-2H3,(H,16,17). The molecule has 0 aliphatic rings. The van der Waals surface area contributed by atoms with Crippen LogP contribution in [0.3, 0.4) is 0 Å². The van der Waals surface area contributed by atoms with Gasteiger partial charge in [-0.2, -0.15) is 0 Å². The second-order valence-electron chi connectivity index (χ2n) is 4.22. The zero-order chi connectivity index (χ0) is 13.9. The number of aromatic nitrogens is 1. The van der Waals surface area contributed by atoms with Crippen molar-refractivity contribution in [3.05, 3.63) is 53.3 Å². The molecule has 0 radical (unpaired) electrons. The van der Waals surface area contributed by atoms with Crippen molar-refractivity contribution < 1.29 is 9.09 Å². The summed E-state index contributed by atoms with van der Waals surface area (Å²) in [6, 6.07) is 8.86. The molecule has 0 fully saturated rings. The van der Waals surface area contributed by atoms with E-state index in [1.807, 2.05) is 13.0 Å². The van der Waals surface area contributed by atoms with Crippen LogP contribution in [0.25, 0.3) is 0 Å². The molecule has 0 amide bonds. The van der Waals surface area contributed by atoms with Gasteiger partial charge in [-0.3, -0.25) is 9.55 Å². The van der Waals surface area contributed by atoms with Gasteiger partial charge in [0.15, 0.2) is 0 Å². The maximum absolute atomic E-state index is 12.4. The van der Waals surface area contributed by atoms with Crippen LogP contribution in [-0.2, 0) is 4.57 Å². The first-order valence-corrected chi connectivity index (χ1v) is 8.13. The third kappa shape index (κ3) is 3.98. The fraction of sp³-hybridized carbons (Fsp3) is 0.154. The lowest BCUT2D eigenvalue weighted by atomic mass is 10.2. The zero-order valence-corrected chi connectivity index (χ0v) is 12.3. The summed E-state index contributed by atoms with van der Waals surface area (Å²) in [5, 5.41) is 3.26. The van der Waals surface area contributed by atoms with E-state index in [0.717, 1.165) is 5.56 Å². The minimum atomic E-state index is -3.06. The summed E-state index contributed by atoms with van der Waals surface area (Å²) in [5.74, 6) is 0.406. The highest BCUT2D eigenvalue weighted by atomic mass is 35.5. The molecule has 1 unspecified atom stereocenters. The summed E-state index contributed by atoms with van der Waals surface area (Å²) in [5.41, 5.74) is 1.62. The molecule has 0 bridgehead atoms. The van der Waals surface area contributed by atoms with Crippen LogP contribution in [0.2, 0.25) is 5.02 Å². The molecule has 0 aliphatic heterocycles.